The van der Waals surface area contributed by atoms with Gasteiger partial charge < -0.3 is 0 Å². The van der Waals surface area contributed by atoms with Crippen molar-refractivity contribution < 1.29 is 0 Å². The summed E-state index contributed by atoms with van der Waals surface area (Å²) in [4.78, 5) is 15.0. The van der Waals surface area contributed by atoms with Crippen molar-refractivity contribution in [2.24, 2.45) is 0 Å². The highest BCUT2D eigenvalue weighted by Crippen LogP contribution is 2.31. The Morgan fingerprint density at radius 2 is 1.16 bits per heavy atom. The lowest BCUT2D eigenvalue weighted by molar-refractivity contribution is 0.986. The molecular weight excluding hydrogens is 394 g/mol. The van der Waals surface area contributed by atoms with Crippen LogP contribution in [0.25, 0.3) is 56.0 Å². The smallest absolute Gasteiger partial charge is 0.238 e. The number of aromatic nitrogens is 5. The first-order valence-electron chi connectivity index (χ1n) is 10.6. The van der Waals surface area contributed by atoms with Gasteiger partial charge in [-0.25, -0.2) is 19.5 Å². The molecule has 0 atom stereocenters. The molecule has 150 valence electrons. The summed E-state index contributed by atoms with van der Waals surface area (Å²) in [6.45, 7) is 0. The third-order valence-corrected chi connectivity index (χ3v) is 5.95. The third kappa shape index (κ3) is 2.36. The molecule has 0 amide bonds. The van der Waals surface area contributed by atoms with Gasteiger partial charge in [-0.2, -0.15) is 0 Å². The largest absolute Gasteiger partial charge is 0.276 e. The van der Waals surface area contributed by atoms with Crippen molar-refractivity contribution in [1.29, 1.82) is 0 Å². The zero-order chi connectivity index (χ0) is 21.1. The quantitative estimate of drug-likeness (QED) is 0.348. The van der Waals surface area contributed by atoms with Crippen LogP contribution >= 0.6 is 0 Å². The Kier molecular flexibility index (Phi) is 3.49. The molecule has 0 saturated carbocycles. The minimum Gasteiger partial charge on any atom is -0.276 e. The van der Waals surface area contributed by atoms with Crippen molar-refractivity contribution in [3.8, 4) is 17.2 Å². The summed E-state index contributed by atoms with van der Waals surface area (Å²) in [6, 6.07) is 34.9. The fraction of sp³-hybridized carbons (Fsp3) is 0. The van der Waals surface area contributed by atoms with E-state index in [1.165, 1.54) is 0 Å². The highest BCUT2D eigenvalue weighted by molar-refractivity contribution is 5.94. The lowest BCUT2D eigenvalue weighted by atomic mass is 10.1. The monoisotopic (exact) mass is 411 g/mol. The molecule has 0 bridgehead atoms. The lowest BCUT2D eigenvalue weighted by Gasteiger charge is -2.10. The molecule has 0 radical (unpaired) electrons. The van der Waals surface area contributed by atoms with Gasteiger partial charge in [-0.1, -0.05) is 72.8 Å². The zero-order valence-corrected chi connectivity index (χ0v) is 17.1. The molecule has 0 aliphatic heterocycles. The molecule has 0 N–H and O–H groups in total. The molecule has 32 heavy (non-hydrogen) atoms. The van der Waals surface area contributed by atoms with Crippen molar-refractivity contribution in [1.82, 2.24) is 23.9 Å². The van der Waals surface area contributed by atoms with E-state index in [-0.39, 0.29) is 0 Å². The number of nitrogens with zero attached hydrogens (tertiary/aromatic N) is 5. The molecule has 0 unspecified atom stereocenters. The van der Waals surface area contributed by atoms with Crippen molar-refractivity contribution in [2.45, 2.75) is 0 Å². The van der Waals surface area contributed by atoms with Crippen LogP contribution in [0.3, 0.4) is 0 Å². The summed E-state index contributed by atoms with van der Waals surface area (Å²) in [7, 11) is 0. The maximum absolute atomic E-state index is 5.08. The number of imidazole rings is 2. The molecule has 3 aromatic heterocycles. The standard InChI is InChI=1S/C27H17N5/c1-2-10-18(11-3-1)25-19-12-4-5-13-20(19)28-26(30-25)32-24-17-9-8-16-23(24)31-22-15-7-6-14-21(22)29-27(31)32/h1-17H. The van der Waals surface area contributed by atoms with Gasteiger partial charge in [0.25, 0.3) is 0 Å². The van der Waals surface area contributed by atoms with Crippen LogP contribution in [0.1, 0.15) is 0 Å². The maximum Gasteiger partial charge on any atom is 0.238 e. The predicted octanol–water partition coefficient (Wildman–Crippen LogP) is 6.04. The van der Waals surface area contributed by atoms with E-state index in [9.17, 15) is 0 Å². The number of hydrogen-bond acceptors (Lipinski definition) is 3. The van der Waals surface area contributed by atoms with Crippen LogP contribution in [0.2, 0.25) is 0 Å². The summed E-state index contributed by atoms with van der Waals surface area (Å²) >= 11 is 0. The molecule has 0 fully saturated rings. The average molecular weight is 411 g/mol. The van der Waals surface area contributed by atoms with E-state index in [4.69, 9.17) is 15.0 Å². The van der Waals surface area contributed by atoms with Gasteiger partial charge in [0.05, 0.1) is 33.3 Å². The van der Waals surface area contributed by atoms with E-state index < -0.39 is 0 Å². The van der Waals surface area contributed by atoms with Gasteiger partial charge >= 0.3 is 0 Å². The SMILES string of the molecule is c1ccc(-c2nc(-n3c4ccccc4n4c5ccccc5nc34)nc3ccccc23)cc1. The molecule has 7 rings (SSSR count). The summed E-state index contributed by atoms with van der Waals surface area (Å²) < 4.78 is 4.25. The van der Waals surface area contributed by atoms with Gasteiger partial charge in [0.15, 0.2) is 0 Å². The fourth-order valence-electron chi connectivity index (χ4n) is 4.53. The molecule has 5 nitrogen and oxygen atoms in total. The summed E-state index contributed by atoms with van der Waals surface area (Å²) in [5.41, 5.74) is 7.01. The highest BCUT2D eigenvalue weighted by Gasteiger charge is 2.19. The Hall–Kier alpha value is -4.51. The van der Waals surface area contributed by atoms with Crippen LogP contribution in [0.4, 0.5) is 0 Å². The molecular formula is C27H17N5. The van der Waals surface area contributed by atoms with Gasteiger partial charge in [0.2, 0.25) is 11.7 Å². The molecule has 5 heteroatoms. The second-order valence-corrected chi connectivity index (χ2v) is 7.82. The molecule has 7 aromatic rings. The highest BCUT2D eigenvalue weighted by atomic mass is 15.3. The topological polar surface area (TPSA) is 48.0 Å². The number of rotatable bonds is 2. The number of para-hydroxylation sites is 5. The molecule has 3 heterocycles. The normalized spacial score (nSPS) is 11.8. The number of benzene rings is 4. The third-order valence-electron chi connectivity index (χ3n) is 5.95. The van der Waals surface area contributed by atoms with Crippen molar-refractivity contribution in [2.75, 3.05) is 0 Å². The van der Waals surface area contributed by atoms with Gasteiger partial charge in [0.1, 0.15) is 0 Å². The Morgan fingerprint density at radius 3 is 2.00 bits per heavy atom. The first-order chi connectivity index (χ1) is 15.9. The van der Waals surface area contributed by atoms with Crippen LogP contribution in [-0.2, 0) is 0 Å². The molecule has 4 aromatic carbocycles. The van der Waals surface area contributed by atoms with Crippen molar-refractivity contribution in [3.63, 3.8) is 0 Å². The molecule has 0 aliphatic carbocycles. The number of hydrogen-bond donors (Lipinski definition) is 0. The van der Waals surface area contributed by atoms with E-state index in [0.29, 0.717) is 5.95 Å². The van der Waals surface area contributed by atoms with Crippen LogP contribution < -0.4 is 0 Å². The predicted molar refractivity (Wildman–Crippen MR) is 128 cm³/mol. The second-order valence-electron chi connectivity index (χ2n) is 7.82. The van der Waals surface area contributed by atoms with Gasteiger partial charge in [-0.05, 0) is 30.3 Å². The Morgan fingerprint density at radius 1 is 0.500 bits per heavy atom. The van der Waals surface area contributed by atoms with E-state index in [1.807, 2.05) is 60.7 Å². The van der Waals surface area contributed by atoms with Gasteiger partial charge in [-0.3, -0.25) is 4.40 Å². The van der Waals surface area contributed by atoms with E-state index >= 15 is 0 Å². The van der Waals surface area contributed by atoms with Crippen LogP contribution in [-0.4, -0.2) is 23.9 Å². The summed E-state index contributed by atoms with van der Waals surface area (Å²) in [5, 5.41) is 1.03. The first-order valence-corrected chi connectivity index (χ1v) is 10.6. The van der Waals surface area contributed by atoms with Crippen molar-refractivity contribution >= 4 is 38.7 Å². The van der Waals surface area contributed by atoms with E-state index in [1.54, 1.807) is 0 Å². The Labute approximate surface area is 183 Å². The van der Waals surface area contributed by atoms with Crippen LogP contribution in [0.15, 0.2) is 103 Å². The van der Waals surface area contributed by atoms with Gasteiger partial charge in [0, 0.05) is 10.9 Å². The Balaban J connectivity index is 1.64. The molecule has 0 spiro atoms. The Bertz CT molecular complexity index is 1780. The van der Waals surface area contributed by atoms with Gasteiger partial charge in [-0.15, -0.1) is 0 Å². The first kappa shape index (κ1) is 17.2. The van der Waals surface area contributed by atoms with E-state index in [0.717, 1.165) is 50.0 Å². The van der Waals surface area contributed by atoms with E-state index in [2.05, 4.69) is 51.4 Å². The maximum atomic E-state index is 5.08. The van der Waals surface area contributed by atoms with Crippen LogP contribution in [0, 0.1) is 0 Å². The molecule has 0 aliphatic rings. The molecule has 0 saturated heterocycles. The second kappa shape index (κ2) is 6.49. The summed E-state index contributed by atoms with van der Waals surface area (Å²) in [5.74, 6) is 1.42. The minimum absolute atomic E-state index is 0.615. The lowest BCUT2D eigenvalue weighted by Crippen LogP contribution is -2.04. The van der Waals surface area contributed by atoms with Crippen LogP contribution in [0.5, 0.6) is 0 Å². The fourth-order valence-corrected chi connectivity index (χ4v) is 4.53. The number of fused-ring (bicyclic) bond motifs is 6. The minimum atomic E-state index is 0.615. The average Bonchev–Trinajstić information content (AvgIpc) is 3.38. The summed E-state index contributed by atoms with van der Waals surface area (Å²) in [6.07, 6.45) is 0. The van der Waals surface area contributed by atoms with Crippen molar-refractivity contribution in [3.05, 3.63) is 103 Å². The zero-order valence-electron chi connectivity index (χ0n) is 17.1.